The number of piperazine rings is 1. The predicted molar refractivity (Wildman–Crippen MR) is 80.1 cm³/mol. The van der Waals surface area contributed by atoms with E-state index in [1.54, 1.807) is 6.07 Å². The Bertz CT molecular complexity index is 474. The van der Waals surface area contributed by atoms with E-state index in [2.05, 4.69) is 20.3 Å². The van der Waals surface area contributed by atoms with Crippen LogP contribution < -0.4 is 5.32 Å². The van der Waals surface area contributed by atoms with Crippen LogP contribution in [0.25, 0.3) is 0 Å². The van der Waals surface area contributed by atoms with Crippen LogP contribution >= 0.6 is 0 Å². The second-order valence-corrected chi connectivity index (χ2v) is 6.12. The van der Waals surface area contributed by atoms with Gasteiger partial charge in [0, 0.05) is 38.3 Å². The topological polar surface area (TPSA) is 61.6 Å². The molecule has 2 aliphatic rings. The monoisotopic (exact) mass is 292 g/mol. The van der Waals surface area contributed by atoms with Gasteiger partial charge < -0.3 is 9.84 Å². The minimum Gasteiger partial charge on any atom is -0.360 e. The van der Waals surface area contributed by atoms with Crippen LogP contribution in [0.5, 0.6) is 0 Å². The molecule has 2 fully saturated rings. The Balaban J connectivity index is 1.41. The molecule has 6 nitrogen and oxygen atoms in total. The minimum absolute atomic E-state index is 0.0161. The number of hydrogen-bond acceptors (Lipinski definition) is 5. The molecule has 116 valence electrons. The number of amides is 1. The summed E-state index contributed by atoms with van der Waals surface area (Å²) in [6.45, 7) is 6.36. The van der Waals surface area contributed by atoms with Crippen LogP contribution in [-0.2, 0) is 4.79 Å². The quantitative estimate of drug-likeness (QED) is 0.911. The summed E-state index contributed by atoms with van der Waals surface area (Å²) in [5.41, 5.74) is 0. The van der Waals surface area contributed by atoms with E-state index in [9.17, 15) is 4.79 Å². The highest BCUT2D eigenvalue weighted by Gasteiger charge is 2.26. The maximum Gasteiger partial charge on any atom is 0.239 e. The second kappa shape index (κ2) is 6.58. The SMILES string of the molecule is Cc1cc(NC(=O)CN2CCN(C3CCCC3)CC2)no1. The molecule has 1 saturated carbocycles. The van der Waals surface area contributed by atoms with Crippen molar-refractivity contribution < 1.29 is 9.32 Å². The molecule has 2 heterocycles. The summed E-state index contributed by atoms with van der Waals surface area (Å²) in [5, 5.41) is 6.56. The number of hydrogen-bond donors (Lipinski definition) is 1. The van der Waals surface area contributed by atoms with E-state index in [-0.39, 0.29) is 5.91 Å². The zero-order valence-electron chi connectivity index (χ0n) is 12.7. The molecule has 1 amide bonds. The van der Waals surface area contributed by atoms with Gasteiger partial charge >= 0.3 is 0 Å². The average molecular weight is 292 g/mol. The summed E-state index contributed by atoms with van der Waals surface area (Å²) in [6.07, 6.45) is 5.47. The molecule has 1 aromatic heterocycles. The Morgan fingerprint density at radius 2 is 2.05 bits per heavy atom. The van der Waals surface area contributed by atoms with E-state index in [4.69, 9.17) is 4.52 Å². The van der Waals surface area contributed by atoms with Gasteiger partial charge in [-0.25, -0.2) is 0 Å². The molecule has 1 N–H and O–H groups in total. The standard InChI is InChI=1S/C15H24N4O2/c1-12-10-14(17-21-12)16-15(20)11-18-6-8-19(9-7-18)13-4-2-3-5-13/h10,13H,2-9,11H2,1H3,(H,16,17,20). The van der Waals surface area contributed by atoms with Gasteiger partial charge in [0.25, 0.3) is 0 Å². The van der Waals surface area contributed by atoms with Crippen molar-refractivity contribution in [3.05, 3.63) is 11.8 Å². The van der Waals surface area contributed by atoms with Crippen molar-refractivity contribution in [1.82, 2.24) is 15.0 Å². The van der Waals surface area contributed by atoms with Gasteiger partial charge in [-0.2, -0.15) is 0 Å². The Kier molecular flexibility index (Phi) is 4.55. The lowest BCUT2D eigenvalue weighted by Gasteiger charge is -2.37. The predicted octanol–water partition coefficient (Wildman–Crippen LogP) is 1.48. The number of anilines is 1. The Labute approximate surface area is 125 Å². The molecule has 0 bridgehead atoms. The van der Waals surface area contributed by atoms with Gasteiger partial charge in [-0.3, -0.25) is 14.6 Å². The highest BCUT2D eigenvalue weighted by molar-refractivity contribution is 5.91. The van der Waals surface area contributed by atoms with Gasteiger partial charge in [-0.15, -0.1) is 0 Å². The molecule has 21 heavy (non-hydrogen) atoms. The fourth-order valence-electron chi connectivity index (χ4n) is 3.37. The summed E-state index contributed by atoms with van der Waals surface area (Å²) in [6, 6.07) is 2.52. The van der Waals surface area contributed by atoms with E-state index in [0.717, 1.165) is 32.2 Å². The summed E-state index contributed by atoms with van der Waals surface area (Å²) in [5.74, 6) is 1.19. The molecule has 1 saturated heterocycles. The highest BCUT2D eigenvalue weighted by Crippen LogP contribution is 2.24. The molecule has 0 spiro atoms. The lowest BCUT2D eigenvalue weighted by molar-refractivity contribution is -0.117. The van der Waals surface area contributed by atoms with Crippen LogP contribution in [0, 0.1) is 6.92 Å². The Morgan fingerprint density at radius 1 is 1.33 bits per heavy atom. The molecule has 1 aliphatic heterocycles. The molecule has 0 radical (unpaired) electrons. The zero-order chi connectivity index (χ0) is 14.7. The molecule has 1 aromatic rings. The first-order chi connectivity index (χ1) is 10.2. The van der Waals surface area contributed by atoms with Crippen molar-refractivity contribution in [3.63, 3.8) is 0 Å². The average Bonchev–Trinajstić information content (AvgIpc) is 3.11. The normalized spacial score (nSPS) is 21.8. The Morgan fingerprint density at radius 3 is 2.67 bits per heavy atom. The number of nitrogens with zero attached hydrogens (tertiary/aromatic N) is 3. The summed E-state index contributed by atoms with van der Waals surface area (Å²) in [7, 11) is 0. The first kappa shape index (κ1) is 14.5. The number of nitrogens with one attached hydrogen (secondary N) is 1. The van der Waals surface area contributed by atoms with Gasteiger partial charge in [0.1, 0.15) is 5.76 Å². The van der Waals surface area contributed by atoms with Gasteiger partial charge in [0.05, 0.1) is 6.54 Å². The van der Waals surface area contributed by atoms with Gasteiger partial charge in [-0.05, 0) is 19.8 Å². The van der Waals surface area contributed by atoms with Crippen LogP contribution in [0.1, 0.15) is 31.4 Å². The van der Waals surface area contributed by atoms with Crippen LogP contribution in [0.2, 0.25) is 0 Å². The molecule has 0 unspecified atom stereocenters. The third kappa shape index (κ3) is 3.83. The van der Waals surface area contributed by atoms with Crippen molar-refractivity contribution in [2.24, 2.45) is 0 Å². The minimum atomic E-state index is -0.0161. The molecule has 0 atom stereocenters. The number of rotatable bonds is 4. The lowest BCUT2D eigenvalue weighted by atomic mass is 10.2. The third-order valence-corrected chi connectivity index (χ3v) is 4.51. The first-order valence-corrected chi connectivity index (χ1v) is 7.90. The van der Waals surface area contributed by atoms with Crippen LogP contribution in [-0.4, -0.2) is 59.6 Å². The van der Waals surface area contributed by atoms with Crippen molar-refractivity contribution >= 4 is 11.7 Å². The van der Waals surface area contributed by atoms with E-state index in [1.165, 1.54) is 25.7 Å². The van der Waals surface area contributed by atoms with Crippen LogP contribution in [0.15, 0.2) is 10.6 Å². The van der Waals surface area contributed by atoms with Gasteiger partial charge in [0.15, 0.2) is 5.82 Å². The molecule has 0 aromatic carbocycles. The fourth-order valence-corrected chi connectivity index (χ4v) is 3.37. The maximum absolute atomic E-state index is 12.0. The van der Waals surface area contributed by atoms with E-state index >= 15 is 0 Å². The molecular weight excluding hydrogens is 268 g/mol. The van der Waals surface area contributed by atoms with Crippen LogP contribution in [0.3, 0.4) is 0 Å². The lowest BCUT2D eigenvalue weighted by Crippen LogP contribution is -2.51. The highest BCUT2D eigenvalue weighted by atomic mass is 16.5. The number of aromatic nitrogens is 1. The summed E-state index contributed by atoms with van der Waals surface area (Å²) < 4.78 is 4.94. The van der Waals surface area contributed by atoms with Crippen LogP contribution in [0.4, 0.5) is 5.82 Å². The molecule has 3 rings (SSSR count). The zero-order valence-corrected chi connectivity index (χ0v) is 12.7. The number of carbonyl (C=O) groups excluding carboxylic acids is 1. The van der Waals surface area contributed by atoms with Crippen molar-refractivity contribution in [3.8, 4) is 0 Å². The summed E-state index contributed by atoms with van der Waals surface area (Å²) in [4.78, 5) is 16.8. The van der Waals surface area contributed by atoms with E-state index in [1.807, 2.05) is 6.92 Å². The first-order valence-electron chi connectivity index (χ1n) is 7.90. The molecular formula is C15H24N4O2. The van der Waals surface area contributed by atoms with E-state index < -0.39 is 0 Å². The van der Waals surface area contributed by atoms with Gasteiger partial charge in [0.2, 0.25) is 5.91 Å². The number of aryl methyl sites for hydroxylation is 1. The fraction of sp³-hybridized carbons (Fsp3) is 0.733. The van der Waals surface area contributed by atoms with Gasteiger partial charge in [-0.1, -0.05) is 18.0 Å². The third-order valence-electron chi connectivity index (χ3n) is 4.51. The smallest absolute Gasteiger partial charge is 0.239 e. The maximum atomic E-state index is 12.0. The Hall–Kier alpha value is -1.40. The van der Waals surface area contributed by atoms with Crippen molar-refractivity contribution in [1.29, 1.82) is 0 Å². The van der Waals surface area contributed by atoms with Crippen molar-refractivity contribution in [2.75, 3.05) is 38.0 Å². The largest absolute Gasteiger partial charge is 0.360 e. The number of carbonyl (C=O) groups is 1. The summed E-state index contributed by atoms with van der Waals surface area (Å²) >= 11 is 0. The van der Waals surface area contributed by atoms with Crippen molar-refractivity contribution in [2.45, 2.75) is 38.6 Å². The molecule has 1 aliphatic carbocycles. The molecule has 6 heteroatoms. The second-order valence-electron chi connectivity index (χ2n) is 6.12. The van der Waals surface area contributed by atoms with E-state index in [0.29, 0.717) is 18.1 Å².